The molecule has 0 spiro atoms. The highest BCUT2D eigenvalue weighted by Gasteiger charge is 2.27. The van der Waals surface area contributed by atoms with Gasteiger partial charge in [0.25, 0.3) is 0 Å². The minimum atomic E-state index is -3.23. The number of ether oxygens (including phenoxy) is 2. The molecule has 0 radical (unpaired) electrons. The van der Waals surface area contributed by atoms with Gasteiger partial charge in [0, 0.05) is 6.26 Å². The lowest BCUT2D eigenvalue weighted by Crippen LogP contribution is -2.18. The topological polar surface area (TPSA) is 52.6 Å². The lowest BCUT2D eigenvalue weighted by atomic mass is 10.1. The van der Waals surface area contributed by atoms with Crippen LogP contribution < -0.4 is 4.74 Å². The molecule has 4 nitrogen and oxygen atoms in total. The van der Waals surface area contributed by atoms with Crippen LogP contribution in [0.3, 0.4) is 0 Å². The fourth-order valence-electron chi connectivity index (χ4n) is 1.96. The van der Waals surface area contributed by atoms with E-state index in [-0.39, 0.29) is 0 Å². The average Bonchev–Trinajstić information content (AvgIpc) is 2.38. The monoisotopic (exact) mass is 268 g/mol. The van der Waals surface area contributed by atoms with Crippen LogP contribution in [-0.4, -0.2) is 28.4 Å². The number of benzene rings is 1. The molecule has 1 aromatic rings. The molecule has 0 saturated carbocycles. The highest BCUT2D eigenvalue weighted by atomic mass is 32.2. The molecule has 1 aromatic carbocycles. The highest BCUT2D eigenvalue weighted by molar-refractivity contribution is 7.94. The standard InChI is InChI=1S/C13H16O4S/c1-16-11-7-5-10(6-8-11)13-12(18(2,14)15)4-3-9-17-13/h4-8,13H,3,9H2,1-2H3. The van der Waals surface area contributed by atoms with Crippen LogP contribution in [0.25, 0.3) is 0 Å². The molecule has 1 aliphatic rings. The molecular weight excluding hydrogens is 252 g/mol. The molecular formula is C13H16O4S. The Labute approximate surface area is 107 Å². The first-order valence-corrected chi connectivity index (χ1v) is 7.57. The van der Waals surface area contributed by atoms with Gasteiger partial charge in [-0.2, -0.15) is 0 Å². The van der Waals surface area contributed by atoms with E-state index in [1.54, 1.807) is 25.3 Å². The zero-order valence-electron chi connectivity index (χ0n) is 10.4. The van der Waals surface area contributed by atoms with Gasteiger partial charge in [-0.3, -0.25) is 0 Å². The van der Waals surface area contributed by atoms with E-state index < -0.39 is 15.9 Å². The van der Waals surface area contributed by atoms with Crippen LogP contribution in [0.5, 0.6) is 5.75 Å². The van der Waals surface area contributed by atoms with Crippen LogP contribution in [0.4, 0.5) is 0 Å². The molecule has 0 bridgehead atoms. The summed E-state index contributed by atoms with van der Waals surface area (Å²) in [4.78, 5) is 0.346. The molecule has 1 heterocycles. The van der Waals surface area contributed by atoms with Gasteiger partial charge in [-0.15, -0.1) is 0 Å². The lowest BCUT2D eigenvalue weighted by Gasteiger charge is -2.24. The molecule has 1 atom stereocenters. The molecule has 0 amide bonds. The van der Waals surface area contributed by atoms with Gasteiger partial charge in [0.1, 0.15) is 11.9 Å². The first-order valence-electron chi connectivity index (χ1n) is 5.68. The Hall–Kier alpha value is -1.33. The van der Waals surface area contributed by atoms with E-state index in [0.29, 0.717) is 17.9 Å². The smallest absolute Gasteiger partial charge is 0.174 e. The van der Waals surface area contributed by atoms with Gasteiger partial charge in [0.2, 0.25) is 0 Å². The van der Waals surface area contributed by atoms with Gasteiger partial charge >= 0.3 is 0 Å². The van der Waals surface area contributed by atoms with Crippen molar-refractivity contribution in [2.75, 3.05) is 20.0 Å². The maximum absolute atomic E-state index is 11.7. The molecule has 18 heavy (non-hydrogen) atoms. The van der Waals surface area contributed by atoms with E-state index in [2.05, 4.69) is 0 Å². The molecule has 1 unspecified atom stereocenters. The van der Waals surface area contributed by atoms with Gasteiger partial charge < -0.3 is 9.47 Å². The summed E-state index contributed by atoms with van der Waals surface area (Å²) in [7, 11) is -1.64. The van der Waals surface area contributed by atoms with E-state index in [9.17, 15) is 8.42 Å². The molecule has 98 valence electrons. The van der Waals surface area contributed by atoms with E-state index in [4.69, 9.17) is 9.47 Å². The Kier molecular flexibility index (Phi) is 3.73. The third kappa shape index (κ3) is 2.73. The summed E-state index contributed by atoms with van der Waals surface area (Å²) in [5, 5.41) is 0. The van der Waals surface area contributed by atoms with Gasteiger partial charge in [0.15, 0.2) is 9.84 Å². The number of methoxy groups -OCH3 is 1. The van der Waals surface area contributed by atoms with Gasteiger partial charge in [-0.05, 0) is 24.1 Å². The molecule has 0 aliphatic carbocycles. The molecule has 1 aliphatic heterocycles. The van der Waals surface area contributed by atoms with Crippen molar-refractivity contribution in [1.29, 1.82) is 0 Å². The third-order valence-electron chi connectivity index (χ3n) is 2.85. The SMILES string of the molecule is COc1ccc(C2OCCC=C2S(C)(=O)=O)cc1. The van der Waals surface area contributed by atoms with Crippen molar-refractivity contribution in [3.05, 3.63) is 40.8 Å². The normalized spacial score (nSPS) is 20.3. The number of rotatable bonds is 3. The summed E-state index contributed by atoms with van der Waals surface area (Å²) in [6, 6.07) is 7.25. The predicted molar refractivity (Wildman–Crippen MR) is 69.2 cm³/mol. The zero-order valence-corrected chi connectivity index (χ0v) is 11.2. The highest BCUT2D eigenvalue weighted by Crippen LogP contribution is 2.33. The second-order valence-corrected chi connectivity index (χ2v) is 6.21. The maximum Gasteiger partial charge on any atom is 0.174 e. The maximum atomic E-state index is 11.7. The van der Waals surface area contributed by atoms with Crippen molar-refractivity contribution >= 4 is 9.84 Å². The van der Waals surface area contributed by atoms with Crippen molar-refractivity contribution in [2.24, 2.45) is 0 Å². The van der Waals surface area contributed by atoms with Crippen LogP contribution in [0.15, 0.2) is 35.2 Å². The molecule has 0 N–H and O–H groups in total. The van der Waals surface area contributed by atoms with Crippen LogP contribution in [0, 0.1) is 0 Å². The van der Waals surface area contributed by atoms with Crippen LogP contribution in [0.1, 0.15) is 18.1 Å². The Morgan fingerprint density at radius 1 is 1.28 bits per heavy atom. The van der Waals surface area contributed by atoms with Crippen LogP contribution in [0.2, 0.25) is 0 Å². The summed E-state index contributed by atoms with van der Waals surface area (Å²) in [6.45, 7) is 0.537. The van der Waals surface area contributed by atoms with Crippen LogP contribution >= 0.6 is 0 Å². The van der Waals surface area contributed by atoms with Crippen molar-refractivity contribution in [2.45, 2.75) is 12.5 Å². The summed E-state index contributed by atoms with van der Waals surface area (Å²) >= 11 is 0. The van der Waals surface area contributed by atoms with Gasteiger partial charge in [0.05, 0.1) is 18.6 Å². The van der Waals surface area contributed by atoms with Crippen LogP contribution in [-0.2, 0) is 14.6 Å². The Balaban J connectivity index is 2.35. The van der Waals surface area contributed by atoms with Crippen molar-refractivity contribution in [1.82, 2.24) is 0 Å². The summed E-state index contributed by atoms with van der Waals surface area (Å²) in [5.74, 6) is 0.736. The largest absolute Gasteiger partial charge is 0.497 e. The fourth-order valence-corrected chi connectivity index (χ4v) is 2.97. The molecule has 0 fully saturated rings. The molecule has 0 aromatic heterocycles. The molecule has 5 heteroatoms. The summed E-state index contributed by atoms with van der Waals surface area (Å²) < 4.78 is 34.1. The Morgan fingerprint density at radius 3 is 2.50 bits per heavy atom. The first kappa shape index (κ1) is 13.1. The van der Waals surface area contributed by atoms with Gasteiger partial charge in [-0.1, -0.05) is 18.2 Å². The fraction of sp³-hybridized carbons (Fsp3) is 0.385. The molecule has 0 saturated heterocycles. The second kappa shape index (κ2) is 5.12. The third-order valence-corrected chi connectivity index (χ3v) is 4.09. The number of hydrogen-bond acceptors (Lipinski definition) is 4. The average molecular weight is 268 g/mol. The van der Waals surface area contributed by atoms with E-state index in [0.717, 1.165) is 11.3 Å². The predicted octanol–water partition coefficient (Wildman–Crippen LogP) is 2.09. The van der Waals surface area contributed by atoms with E-state index in [1.807, 2.05) is 12.1 Å². The zero-order chi connectivity index (χ0) is 13.2. The Morgan fingerprint density at radius 2 is 1.94 bits per heavy atom. The lowest BCUT2D eigenvalue weighted by molar-refractivity contribution is 0.0762. The summed E-state index contributed by atoms with van der Waals surface area (Å²) in [5.41, 5.74) is 0.826. The van der Waals surface area contributed by atoms with Crippen molar-refractivity contribution in [3.8, 4) is 5.75 Å². The molecule has 2 rings (SSSR count). The first-order chi connectivity index (χ1) is 8.52. The van der Waals surface area contributed by atoms with Gasteiger partial charge in [-0.25, -0.2) is 8.42 Å². The number of hydrogen-bond donors (Lipinski definition) is 0. The van der Waals surface area contributed by atoms with E-state index >= 15 is 0 Å². The van der Waals surface area contributed by atoms with Crippen molar-refractivity contribution in [3.63, 3.8) is 0 Å². The van der Waals surface area contributed by atoms with Crippen molar-refractivity contribution < 1.29 is 17.9 Å². The summed E-state index contributed by atoms with van der Waals surface area (Å²) in [6.07, 6.45) is 3.09. The van der Waals surface area contributed by atoms with E-state index in [1.165, 1.54) is 6.26 Å². The minimum absolute atomic E-state index is 0.346. The minimum Gasteiger partial charge on any atom is -0.497 e. The quantitative estimate of drug-likeness (QED) is 0.842. The second-order valence-electron chi connectivity index (χ2n) is 4.19. The Bertz CT molecular complexity index is 543. The number of sulfone groups is 1.